The van der Waals surface area contributed by atoms with Gasteiger partial charge in [0.25, 0.3) is 0 Å². The third-order valence-electron chi connectivity index (χ3n) is 2.08. The van der Waals surface area contributed by atoms with E-state index in [-0.39, 0.29) is 11.7 Å². The zero-order valence-electron chi connectivity index (χ0n) is 11.3. The van der Waals surface area contributed by atoms with Crippen LogP contribution < -0.4 is 0 Å². The Labute approximate surface area is 108 Å². The molecule has 0 amide bonds. The van der Waals surface area contributed by atoms with E-state index < -0.39 is 12.3 Å². The zero-order chi connectivity index (χ0) is 14.0. The van der Waals surface area contributed by atoms with Crippen LogP contribution in [0.4, 0.5) is 0 Å². The Bertz CT molecular complexity index is 309. The third-order valence-corrected chi connectivity index (χ3v) is 2.08. The molecule has 0 spiro atoms. The van der Waals surface area contributed by atoms with Crippen LogP contribution in [0.1, 0.15) is 33.6 Å². The number of hydrogen-bond acceptors (Lipinski definition) is 5. The molecule has 2 unspecified atom stereocenters. The van der Waals surface area contributed by atoms with Crippen LogP contribution in [-0.2, 0) is 19.0 Å². The second kappa shape index (κ2) is 9.63. The lowest BCUT2D eigenvalue weighted by atomic mass is 10.3. The quantitative estimate of drug-likeness (QED) is 0.273. The lowest BCUT2D eigenvalue weighted by molar-refractivity contribution is -0.181. The van der Waals surface area contributed by atoms with E-state index in [1.54, 1.807) is 6.07 Å². The van der Waals surface area contributed by atoms with E-state index in [9.17, 15) is 4.79 Å². The number of carbonyl (C=O) groups is 1. The van der Waals surface area contributed by atoms with E-state index >= 15 is 0 Å². The lowest BCUT2D eigenvalue weighted by Gasteiger charge is -2.19. The summed E-state index contributed by atoms with van der Waals surface area (Å²) in [7, 11) is 0. The molecule has 5 heteroatoms. The summed E-state index contributed by atoms with van der Waals surface area (Å²) in [6.07, 6.45) is 0.718. The molecule has 0 aromatic heterocycles. The summed E-state index contributed by atoms with van der Waals surface area (Å²) >= 11 is 0. The first-order valence-corrected chi connectivity index (χ1v) is 6.08. The van der Waals surface area contributed by atoms with E-state index in [2.05, 4.69) is 6.58 Å². The second-order valence-corrected chi connectivity index (χ2v) is 3.85. The fourth-order valence-electron chi connectivity index (χ4n) is 1.08. The Morgan fingerprint density at radius 3 is 2.56 bits per heavy atom. The number of ether oxygens (including phenoxy) is 3. The highest BCUT2D eigenvalue weighted by Gasteiger charge is 2.16. The molecule has 0 aromatic rings. The van der Waals surface area contributed by atoms with Crippen molar-refractivity contribution in [3.63, 3.8) is 0 Å². The molecule has 0 fully saturated rings. The molecule has 5 nitrogen and oxygen atoms in total. The van der Waals surface area contributed by atoms with E-state index in [1.807, 2.05) is 20.8 Å². The van der Waals surface area contributed by atoms with Gasteiger partial charge in [-0.15, -0.1) is 0 Å². The van der Waals surface area contributed by atoms with Gasteiger partial charge in [-0.3, -0.25) is 0 Å². The number of nitrogens with zero attached hydrogens (tertiary/aromatic N) is 1. The fraction of sp³-hybridized carbons (Fsp3) is 0.692. The topological polar surface area (TPSA) is 68.6 Å². The number of carbonyl (C=O) groups excluding carboxylic acids is 1. The van der Waals surface area contributed by atoms with E-state index in [0.717, 1.165) is 6.42 Å². The highest BCUT2D eigenvalue weighted by molar-refractivity contribution is 5.91. The summed E-state index contributed by atoms with van der Waals surface area (Å²) in [5.74, 6) is -0.744. The van der Waals surface area contributed by atoms with Gasteiger partial charge < -0.3 is 14.2 Å². The molecule has 0 heterocycles. The molecule has 0 aliphatic rings. The first-order chi connectivity index (χ1) is 8.54. The molecule has 18 heavy (non-hydrogen) atoms. The Morgan fingerprint density at radius 2 is 2.06 bits per heavy atom. The fourth-order valence-corrected chi connectivity index (χ4v) is 1.08. The summed E-state index contributed by atoms with van der Waals surface area (Å²) < 4.78 is 15.8. The van der Waals surface area contributed by atoms with Crippen molar-refractivity contribution in [2.45, 2.75) is 46.0 Å². The maximum Gasteiger partial charge on any atom is 0.350 e. The molecular weight excluding hydrogens is 234 g/mol. The molecule has 102 valence electrons. The van der Waals surface area contributed by atoms with Crippen LogP contribution in [0.5, 0.6) is 0 Å². The van der Waals surface area contributed by atoms with Gasteiger partial charge in [-0.05, 0) is 13.3 Å². The van der Waals surface area contributed by atoms with Gasteiger partial charge in [0, 0.05) is 13.0 Å². The molecule has 0 saturated heterocycles. The van der Waals surface area contributed by atoms with E-state index in [0.29, 0.717) is 19.6 Å². The van der Waals surface area contributed by atoms with Crippen LogP contribution in [0.2, 0.25) is 0 Å². The van der Waals surface area contributed by atoms with Crippen molar-refractivity contribution in [3.05, 3.63) is 12.2 Å². The first-order valence-electron chi connectivity index (χ1n) is 6.08. The molecular formula is C13H21NO4. The zero-order valence-corrected chi connectivity index (χ0v) is 11.3. The maximum atomic E-state index is 11.3. The summed E-state index contributed by atoms with van der Waals surface area (Å²) in [5, 5.41) is 8.49. The van der Waals surface area contributed by atoms with Gasteiger partial charge in [0.05, 0.1) is 12.7 Å². The maximum absolute atomic E-state index is 11.3. The molecule has 0 N–H and O–H groups in total. The molecule has 2 atom stereocenters. The third kappa shape index (κ3) is 7.05. The van der Waals surface area contributed by atoms with Gasteiger partial charge in [-0.25, -0.2) is 4.79 Å². The minimum Gasteiger partial charge on any atom is -0.432 e. The summed E-state index contributed by atoms with van der Waals surface area (Å²) in [6, 6.07) is 1.64. The Hall–Kier alpha value is -1.38. The van der Waals surface area contributed by atoms with Crippen LogP contribution in [0, 0.1) is 11.3 Å². The van der Waals surface area contributed by atoms with Crippen molar-refractivity contribution >= 4 is 5.97 Å². The van der Waals surface area contributed by atoms with Crippen LogP contribution >= 0.6 is 0 Å². The summed E-state index contributed by atoms with van der Waals surface area (Å²) in [6.45, 7) is 10.0. The lowest BCUT2D eigenvalue weighted by Crippen LogP contribution is -2.26. The smallest absolute Gasteiger partial charge is 0.350 e. The summed E-state index contributed by atoms with van der Waals surface area (Å²) in [5.41, 5.74) is -0.229. The van der Waals surface area contributed by atoms with Gasteiger partial charge in [-0.1, -0.05) is 20.4 Å². The van der Waals surface area contributed by atoms with Crippen LogP contribution in [-0.4, -0.2) is 31.6 Å². The van der Waals surface area contributed by atoms with Crippen molar-refractivity contribution in [1.29, 1.82) is 5.26 Å². The van der Waals surface area contributed by atoms with Gasteiger partial charge in [0.15, 0.2) is 0 Å². The average Bonchev–Trinajstić information content (AvgIpc) is 2.39. The van der Waals surface area contributed by atoms with Crippen LogP contribution in [0.3, 0.4) is 0 Å². The predicted molar refractivity (Wildman–Crippen MR) is 66.6 cm³/mol. The van der Waals surface area contributed by atoms with Crippen molar-refractivity contribution in [2.75, 3.05) is 13.2 Å². The number of esters is 1. The SMILES string of the molecule is C=C(C#N)C(=O)OC(CC)OCC(C)OCCC. The molecule has 0 aliphatic heterocycles. The van der Waals surface area contributed by atoms with Crippen molar-refractivity contribution < 1.29 is 19.0 Å². The van der Waals surface area contributed by atoms with Crippen molar-refractivity contribution in [2.24, 2.45) is 0 Å². The van der Waals surface area contributed by atoms with Crippen molar-refractivity contribution in [3.8, 4) is 6.07 Å². The molecule has 0 saturated carbocycles. The largest absolute Gasteiger partial charge is 0.432 e. The predicted octanol–water partition coefficient (Wildman–Crippen LogP) is 2.18. The Kier molecular flexibility index (Phi) is 8.89. The van der Waals surface area contributed by atoms with Gasteiger partial charge in [0.2, 0.25) is 6.29 Å². The highest BCUT2D eigenvalue weighted by Crippen LogP contribution is 2.06. The molecule has 0 aromatic carbocycles. The normalized spacial score (nSPS) is 13.4. The standard InChI is InChI=1S/C13H21NO4/c1-5-7-16-11(4)9-17-12(6-2)18-13(15)10(3)8-14/h11-12H,3,5-7,9H2,1-2,4H3. The number of rotatable bonds is 9. The van der Waals surface area contributed by atoms with Gasteiger partial charge in [0.1, 0.15) is 11.6 Å². The second-order valence-electron chi connectivity index (χ2n) is 3.85. The monoisotopic (exact) mass is 255 g/mol. The Morgan fingerprint density at radius 1 is 1.39 bits per heavy atom. The number of nitriles is 1. The molecule has 0 rings (SSSR count). The van der Waals surface area contributed by atoms with E-state index in [1.165, 1.54) is 0 Å². The highest BCUT2D eigenvalue weighted by atomic mass is 16.7. The van der Waals surface area contributed by atoms with Gasteiger partial charge in [-0.2, -0.15) is 5.26 Å². The Balaban J connectivity index is 4.01. The van der Waals surface area contributed by atoms with Crippen molar-refractivity contribution in [1.82, 2.24) is 0 Å². The number of hydrogen-bond donors (Lipinski definition) is 0. The van der Waals surface area contributed by atoms with Gasteiger partial charge >= 0.3 is 5.97 Å². The minimum atomic E-state index is -0.744. The minimum absolute atomic E-state index is 0.0585. The van der Waals surface area contributed by atoms with Crippen LogP contribution in [0.15, 0.2) is 12.2 Å². The van der Waals surface area contributed by atoms with Crippen LogP contribution in [0.25, 0.3) is 0 Å². The molecule has 0 radical (unpaired) electrons. The molecule has 0 aliphatic carbocycles. The average molecular weight is 255 g/mol. The summed E-state index contributed by atoms with van der Waals surface area (Å²) in [4.78, 5) is 11.3. The molecule has 0 bridgehead atoms. The van der Waals surface area contributed by atoms with E-state index in [4.69, 9.17) is 19.5 Å². The first kappa shape index (κ1) is 16.6.